The number of benzene rings is 1. The smallest absolute Gasteiger partial charge is 0.262 e. The van der Waals surface area contributed by atoms with Gasteiger partial charge in [0, 0.05) is 23.3 Å². The minimum absolute atomic E-state index is 0.118. The summed E-state index contributed by atoms with van der Waals surface area (Å²) >= 11 is 9.29. The summed E-state index contributed by atoms with van der Waals surface area (Å²) in [5.41, 5.74) is 0.321. The number of halogens is 2. The van der Waals surface area contributed by atoms with E-state index in [-0.39, 0.29) is 4.90 Å². The molecule has 0 radical (unpaired) electrons. The van der Waals surface area contributed by atoms with Crippen LogP contribution in [0.15, 0.2) is 45.9 Å². The normalized spacial score (nSPS) is 11.2. The number of anilines is 2. The number of hydrogen-bond acceptors (Lipinski definition) is 4. The standard InChI is InChI=1S/C13H13BrClN3O2S/c1-2-16-13-8-10(5-6-17-13)21(19,20)18-12-4-3-9(14)7-11(12)15/h3-8,18H,2H2,1H3,(H,16,17). The third-order valence-electron chi connectivity index (χ3n) is 2.58. The van der Waals surface area contributed by atoms with Crippen molar-refractivity contribution in [1.82, 2.24) is 4.98 Å². The van der Waals surface area contributed by atoms with Gasteiger partial charge in [-0.25, -0.2) is 13.4 Å². The van der Waals surface area contributed by atoms with E-state index in [9.17, 15) is 8.42 Å². The number of pyridine rings is 1. The van der Waals surface area contributed by atoms with Gasteiger partial charge in [0.15, 0.2) is 0 Å². The Bertz CT molecular complexity index is 753. The van der Waals surface area contributed by atoms with Gasteiger partial charge in [0.2, 0.25) is 0 Å². The Morgan fingerprint density at radius 2 is 2.05 bits per heavy atom. The lowest BCUT2D eigenvalue weighted by atomic mass is 10.3. The molecule has 0 aliphatic heterocycles. The third-order valence-corrected chi connectivity index (χ3v) is 4.74. The first kappa shape index (κ1) is 16.1. The largest absolute Gasteiger partial charge is 0.370 e. The zero-order valence-electron chi connectivity index (χ0n) is 11.1. The Labute approximate surface area is 136 Å². The molecule has 2 N–H and O–H groups in total. The van der Waals surface area contributed by atoms with E-state index >= 15 is 0 Å². The van der Waals surface area contributed by atoms with Gasteiger partial charge in [-0.2, -0.15) is 0 Å². The van der Waals surface area contributed by atoms with Crippen LogP contribution < -0.4 is 10.0 Å². The summed E-state index contributed by atoms with van der Waals surface area (Å²) in [5, 5.41) is 3.28. The summed E-state index contributed by atoms with van der Waals surface area (Å²) in [6, 6.07) is 7.82. The van der Waals surface area contributed by atoms with Crippen LogP contribution in [0.5, 0.6) is 0 Å². The summed E-state index contributed by atoms with van der Waals surface area (Å²) in [7, 11) is -3.72. The van der Waals surface area contributed by atoms with E-state index < -0.39 is 10.0 Å². The fraction of sp³-hybridized carbons (Fsp3) is 0.154. The molecule has 1 heterocycles. The molecule has 0 atom stereocenters. The topological polar surface area (TPSA) is 71.1 Å². The predicted octanol–water partition coefficient (Wildman–Crippen LogP) is 3.73. The zero-order chi connectivity index (χ0) is 15.5. The minimum atomic E-state index is -3.72. The monoisotopic (exact) mass is 389 g/mol. The number of nitrogens with one attached hydrogen (secondary N) is 2. The van der Waals surface area contributed by atoms with Crippen LogP contribution in [0.1, 0.15) is 6.92 Å². The van der Waals surface area contributed by atoms with Gasteiger partial charge >= 0.3 is 0 Å². The third kappa shape index (κ3) is 4.09. The lowest BCUT2D eigenvalue weighted by Crippen LogP contribution is -2.14. The van der Waals surface area contributed by atoms with Gasteiger partial charge in [-0.15, -0.1) is 0 Å². The van der Waals surface area contributed by atoms with E-state index in [1.54, 1.807) is 18.2 Å². The maximum absolute atomic E-state index is 12.4. The zero-order valence-corrected chi connectivity index (χ0v) is 14.3. The fourth-order valence-electron chi connectivity index (χ4n) is 1.63. The molecule has 8 heteroatoms. The highest BCUT2D eigenvalue weighted by molar-refractivity contribution is 9.10. The number of aromatic nitrogens is 1. The first-order chi connectivity index (χ1) is 9.92. The van der Waals surface area contributed by atoms with Crippen molar-refractivity contribution in [2.75, 3.05) is 16.6 Å². The van der Waals surface area contributed by atoms with Crippen molar-refractivity contribution in [2.24, 2.45) is 0 Å². The Morgan fingerprint density at radius 3 is 2.71 bits per heavy atom. The first-order valence-electron chi connectivity index (χ1n) is 6.10. The first-order valence-corrected chi connectivity index (χ1v) is 8.75. The summed E-state index contributed by atoms with van der Waals surface area (Å²) in [6.45, 7) is 2.56. The molecule has 5 nitrogen and oxygen atoms in total. The van der Waals surface area contributed by atoms with E-state index in [1.807, 2.05) is 6.92 Å². The maximum atomic E-state index is 12.4. The van der Waals surface area contributed by atoms with Gasteiger partial charge < -0.3 is 5.32 Å². The molecule has 0 aliphatic carbocycles. The van der Waals surface area contributed by atoms with Crippen LogP contribution in [0.2, 0.25) is 5.02 Å². The van der Waals surface area contributed by atoms with Gasteiger partial charge in [-0.1, -0.05) is 27.5 Å². The molecule has 2 rings (SSSR count). The van der Waals surface area contributed by atoms with Crippen molar-refractivity contribution in [1.29, 1.82) is 0 Å². The molecule has 21 heavy (non-hydrogen) atoms. The molecule has 0 bridgehead atoms. The van der Waals surface area contributed by atoms with Crippen LogP contribution in [-0.2, 0) is 10.0 Å². The Balaban J connectivity index is 2.31. The van der Waals surface area contributed by atoms with Crippen LogP contribution in [0, 0.1) is 0 Å². The highest BCUT2D eigenvalue weighted by Crippen LogP contribution is 2.28. The quantitative estimate of drug-likeness (QED) is 0.816. The van der Waals surface area contributed by atoms with Crippen molar-refractivity contribution in [3.63, 3.8) is 0 Å². The summed E-state index contributed by atoms with van der Waals surface area (Å²) in [6.07, 6.45) is 1.44. The fourth-order valence-corrected chi connectivity index (χ4v) is 3.50. The SMILES string of the molecule is CCNc1cc(S(=O)(=O)Nc2ccc(Br)cc2Cl)ccn1. The molecule has 0 unspecified atom stereocenters. The van der Waals surface area contributed by atoms with Crippen molar-refractivity contribution < 1.29 is 8.42 Å². The van der Waals surface area contributed by atoms with Crippen LogP contribution in [0.25, 0.3) is 0 Å². The molecule has 0 fully saturated rings. The van der Waals surface area contributed by atoms with Gasteiger partial charge in [0.05, 0.1) is 15.6 Å². The molecule has 1 aromatic heterocycles. The van der Waals surface area contributed by atoms with Crippen LogP contribution in [0.4, 0.5) is 11.5 Å². The Morgan fingerprint density at radius 1 is 1.29 bits per heavy atom. The second kappa shape index (κ2) is 6.64. The highest BCUT2D eigenvalue weighted by atomic mass is 79.9. The van der Waals surface area contributed by atoms with Crippen LogP contribution >= 0.6 is 27.5 Å². The maximum Gasteiger partial charge on any atom is 0.262 e. The molecular formula is C13H13BrClN3O2S. The average Bonchev–Trinajstić information content (AvgIpc) is 2.43. The van der Waals surface area contributed by atoms with E-state index in [0.717, 1.165) is 4.47 Å². The number of sulfonamides is 1. The van der Waals surface area contributed by atoms with Gasteiger partial charge in [-0.05, 0) is 31.2 Å². The van der Waals surface area contributed by atoms with E-state index in [4.69, 9.17) is 11.6 Å². The Kier molecular flexibility index (Phi) is 5.08. The lowest BCUT2D eigenvalue weighted by molar-refractivity contribution is 0.601. The molecule has 2 aromatic rings. The highest BCUT2D eigenvalue weighted by Gasteiger charge is 2.16. The molecule has 0 saturated heterocycles. The van der Waals surface area contributed by atoms with E-state index in [2.05, 4.69) is 31.0 Å². The molecule has 1 aromatic carbocycles. The van der Waals surface area contributed by atoms with Crippen molar-refractivity contribution >= 4 is 49.1 Å². The van der Waals surface area contributed by atoms with Crippen LogP contribution in [0.3, 0.4) is 0 Å². The molecule has 0 spiro atoms. The average molecular weight is 391 g/mol. The lowest BCUT2D eigenvalue weighted by Gasteiger charge is -2.11. The predicted molar refractivity (Wildman–Crippen MR) is 88.4 cm³/mol. The number of nitrogens with zero attached hydrogens (tertiary/aromatic N) is 1. The Hall–Kier alpha value is -1.31. The second-order valence-electron chi connectivity index (χ2n) is 4.14. The van der Waals surface area contributed by atoms with E-state index in [0.29, 0.717) is 23.1 Å². The van der Waals surface area contributed by atoms with Crippen molar-refractivity contribution in [2.45, 2.75) is 11.8 Å². The van der Waals surface area contributed by atoms with Crippen molar-refractivity contribution in [3.05, 3.63) is 46.0 Å². The molecule has 0 aliphatic rings. The molecule has 0 saturated carbocycles. The minimum Gasteiger partial charge on any atom is -0.370 e. The number of rotatable bonds is 5. The summed E-state index contributed by atoms with van der Waals surface area (Å²) < 4.78 is 28.0. The number of hydrogen-bond donors (Lipinski definition) is 2. The van der Waals surface area contributed by atoms with Crippen molar-refractivity contribution in [3.8, 4) is 0 Å². The summed E-state index contributed by atoms with van der Waals surface area (Å²) in [5.74, 6) is 0.502. The van der Waals surface area contributed by atoms with Crippen LogP contribution in [-0.4, -0.2) is 19.9 Å². The summed E-state index contributed by atoms with van der Waals surface area (Å²) in [4.78, 5) is 4.16. The van der Waals surface area contributed by atoms with E-state index in [1.165, 1.54) is 18.3 Å². The second-order valence-corrected chi connectivity index (χ2v) is 7.14. The molecule has 112 valence electrons. The molecule has 0 amide bonds. The van der Waals surface area contributed by atoms with Gasteiger partial charge in [-0.3, -0.25) is 4.72 Å². The van der Waals surface area contributed by atoms with Gasteiger partial charge in [0.25, 0.3) is 10.0 Å². The molecular weight excluding hydrogens is 378 g/mol. The van der Waals surface area contributed by atoms with Gasteiger partial charge in [0.1, 0.15) is 5.82 Å².